The normalized spacial score (nSPS) is 43.2. The molecule has 2 unspecified atom stereocenters. The van der Waals surface area contributed by atoms with E-state index in [9.17, 15) is 4.39 Å². The van der Waals surface area contributed by atoms with Crippen molar-refractivity contribution >= 4 is 0 Å². The third-order valence-corrected chi connectivity index (χ3v) is 3.05. The third kappa shape index (κ3) is 1.48. The number of hydrogen-bond donors (Lipinski definition) is 2. The van der Waals surface area contributed by atoms with Crippen LogP contribution in [0.4, 0.5) is 4.39 Å². The van der Waals surface area contributed by atoms with Gasteiger partial charge in [-0.05, 0) is 38.8 Å². The summed E-state index contributed by atoms with van der Waals surface area (Å²) in [6.07, 6.45) is 3.86. The Hall–Kier alpha value is -0.150. The quantitative estimate of drug-likeness (QED) is 0.612. The van der Waals surface area contributed by atoms with E-state index in [1.54, 1.807) is 0 Å². The lowest BCUT2D eigenvalue weighted by atomic mass is 9.87. The van der Waals surface area contributed by atoms with Gasteiger partial charge in [-0.25, -0.2) is 4.39 Å². The van der Waals surface area contributed by atoms with E-state index in [0.29, 0.717) is 6.54 Å². The molecule has 2 saturated heterocycles. The molecule has 0 saturated carbocycles. The summed E-state index contributed by atoms with van der Waals surface area (Å²) in [5.74, 6) is 0. The van der Waals surface area contributed by atoms with Crippen LogP contribution in [0.15, 0.2) is 0 Å². The first-order valence-electron chi connectivity index (χ1n) is 4.94. The van der Waals surface area contributed by atoms with E-state index in [1.165, 1.54) is 0 Å². The molecule has 0 spiro atoms. The molecular weight excluding hydrogens is 155 g/mol. The predicted molar refractivity (Wildman–Crippen MR) is 47.0 cm³/mol. The first-order valence-corrected chi connectivity index (χ1v) is 4.94. The van der Waals surface area contributed by atoms with Gasteiger partial charge in [0.2, 0.25) is 0 Å². The zero-order valence-corrected chi connectivity index (χ0v) is 7.41. The van der Waals surface area contributed by atoms with E-state index < -0.39 is 5.67 Å². The van der Waals surface area contributed by atoms with Crippen molar-refractivity contribution in [3.8, 4) is 0 Å². The molecule has 0 bridgehead atoms. The molecule has 0 aromatic heterocycles. The van der Waals surface area contributed by atoms with Crippen molar-refractivity contribution in [2.45, 2.75) is 37.4 Å². The Morgan fingerprint density at radius 1 is 1.25 bits per heavy atom. The van der Waals surface area contributed by atoms with Crippen LogP contribution in [0.2, 0.25) is 0 Å². The molecule has 3 heteroatoms. The molecule has 2 nitrogen and oxygen atoms in total. The lowest BCUT2D eigenvalue weighted by molar-refractivity contribution is 0.0814. The van der Waals surface area contributed by atoms with E-state index in [1.807, 2.05) is 0 Å². The van der Waals surface area contributed by atoms with E-state index in [0.717, 1.165) is 38.8 Å². The van der Waals surface area contributed by atoms with Crippen LogP contribution in [-0.4, -0.2) is 31.3 Å². The third-order valence-electron chi connectivity index (χ3n) is 3.05. The number of alkyl halides is 1. The molecule has 0 amide bonds. The first-order chi connectivity index (χ1) is 5.81. The minimum Gasteiger partial charge on any atom is -0.313 e. The van der Waals surface area contributed by atoms with Crippen LogP contribution < -0.4 is 10.6 Å². The average molecular weight is 172 g/mol. The molecule has 2 rings (SSSR count). The molecule has 70 valence electrons. The topological polar surface area (TPSA) is 24.1 Å². The Morgan fingerprint density at radius 2 is 2.17 bits per heavy atom. The Labute approximate surface area is 72.9 Å². The van der Waals surface area contributed by atoms with Crippen molar-refractivity contribution < 1.29 is 4.39 Å². The molecule has 12 heavy (non-hydrogen) atoms. The number of rotatable bonds is 1. The Balaban J connectivity index is 1.97. The van der Waals surface area contributed by atoms with Gasteiger partial charge in [0.1, 0.15) is 5.67 Å². The smallest absolute Gasteiger partial charge is 0.138 e. The maximum atomic E-state index is 14.2. The van der Waals surface area contributed by atoms with Gasteiger partial charge in [-0.1, -0.05) is 0 Å². The molecule has 0 aromatic carbocycles. The molecular formula is C9H17FN2. The fraction of sp³-hybridized carbons (Fsp3) is 1.00. The minimum atomic E-state index is -0.964. The van der Waals surface area contributed by atoms with Gasteiger partial charge < -0.3 is 10.6 Å². The fourth-order valence-corrected chi connectivity index (χ4v) is 2.32. The molecule has 0 aromatic rings. The van der Waals surface area contributed by atoms with Crippen LogP contribution in [0.5, 0.6) is 0 Å². The summed E-state index contributed by atoms with van der Waals surface area (Å²) in [5.41, 5.74) is -0.964. The van der Waals surface area contributed by atoms with Crippen molar-refractivity contribution in [3.05, 3.63) is 0 Å². The summed E-state index contributed by atoms with van der Waals surface area (Å²) in [7, 11) is 0. The van der Waals surface area contributed by atoms with Crippen molar-refractivity contribution in [3.63, 3.8) is 0 Å². The number of halogens is 1. The Kier molecular flexibility index (Phi) is 2.33. The van der Waals surface area contributed by atoms with Crippen LogP contribution in [0.3, 0.4) is 0 Å². The van der Waals surface area contributed by atoms with Crippen LogP contribution in [-0.2, 0) is 0 Å². The van der Waals surface area contributed by atoms with Crippen molar-refractivity contribution in [1.82, 2.24) is 10.6 Å². The van der Waals surface area contributed by atoms with E-state index in [2.05, 4.69) is 10.6 Å². The second-order valence-corrected chi connectivity index (χ2v) is 3.96. The zero-order valence-electron chi connectivity index (χ0n) is 7.41. The minimum absolute atomic E-state index is 0.116. The molecule has 0 aliphatic carbocycles. The summed E-state index contributed by atoms with van der Waals surface area (Å²) in [6.45, 7) is 2.53. The maximum Gasteiger partial charge on any atom is 0.138 e. The summed E-state index contributed by atoms with van der Waals surface area (Å²) in [4.78, 5) is 0. The molecule has 2 N–H and O–H groups in total. The lowest BCUT2D eigenvalue weighted by Gasteiger charge is -2.35. The number of piperidine rings is 1. The lowest BCUT2D eigenvalue weighted by Crippen LogP contribution is -2.53. The van der Waals surface area contributed by atoms with Gasteiger partial charge >= 0.3 is 0 Å². The van der Waals surface area contributed by atoms with Gasteiger partial charge in [0, 0.05) is 12.6 Å². The number of hydrogen-bond acceptors (Lipinski definition) is 2. The highest BCUT2D eigenvalue weighted by Crippen LogP contribution is 2.29. The second-order valence-electron chi connectivity index (χ2n) is 3.96. The average Bonchev–Trinajstić information content (AvgIpc) is 2.58. The summed E-state index contributed by atoms with van der Waals surface area (Å²) >= 11 is 0. The van der Waals surface area contributed by atoms with E-state index in [-0.39, 0.29) is 6.04 Å². The predicted octanol–water partition coefficient (Wildman–Crippen LogP) is 0.830. The second kappa shape index (κ2) is 3.30. The molecule has 2 fully saturated rings. The van der Waals surface area contributed by atoms with Gasteiger partial charge in [0.25, 0.3) is 0 Å². The highest BCUT2D eigenvalue weighted by molar-refractivity contribution is 4.98. The maximum absolute atomic E-state index is 14.2. The zero-order chi connectivity index (χ0) is 8.44. The summed E-state index contributed by atoms with van der Waals surface area (Å²) < 4.78 is 14.2. The van der Waals surface area contributed by atoms with Gasteiger partial charge in [-0.2, -0.15) is 0 Å². The molecule has 2 aliphatic rings. The van der Waals surface area contributed by atoms with Crippen LogP contribution >= 0.6 is 0 Å². The monoisotopic (exact) mass is 172 g/mol. The molecule has 2 heterocycles. The molecule has 2 aliphatic heterocycles. The van der Waals surface area contributed by atoms with Crippen LogP contribution in [0.25, 0.3) is 0 Å². The molecule has 0 radical (unpaired) electrons. The highest BCUT2D eigenvalue weighted by atomic mass is 19.1. The van der Waals surface area contributed by atoms with Crippen molar-refractivity contribution in [2.24, 2.45) is 0 Å². The highest BCUT2D eigenvalue weighted by Gasteiger charge is 2.41. The van der Waals surface area contributed by atoms with Gasteiger partial charge in [0.05, 0.1) is 0 Å². The Bertz CT molecular complexity index is 149. The number of nitrogens with one attached hydrogen (secondary N) is 2. The van der Waals surface area contributed by atoms with Gasteiger partial charge in [0.15, 0.2) is 0 Å². The Morgan fingerprint density at radius 3 is 2.75 bits per heavy atom. The molecule has 2 atom stereocenters. The standard InChI is InChI=1S/C9H17FN2/c10-9(4-2-5-11-7-9)8-3-1-6-12-8/h8,11-12H,1-7H2. The van der Waals surface area contributed by atoms with Crippen LogP contribution in [0.1, 0.15) is 25.7 Å². The first kappa shape index (κ1) is 8.45. The van der Waals surface area contributed by atoms with Gasteiger partial charge in [-0.3, -0.25) is 0 Å². The van der Waals surface area contributed by atoms with Crippen molar-refractivity contribution in [2.75, 3.05) is 19.6 Å². The summed E-state index contributed by atoms with van der Waals surface area (Å²) in [5, 5.41) is 6.39. The fourth-order valence-electron chi connectivity index (χ4n) is 2.32. The SMILES string of the molecule is FC1(C2CCCN2)CCCNC1. The largest absolute Gasteiger partial charge is 0.313 e. The van der Waals surface area contributed by atoms with Crippen LogP contribution in [0, 0.1) is 0 Å². The van der Waals surface area contributed by atoms with E-state index >= 15 is 0 Å². The van der Waals surface area contributed by atoms with Crippen molar-refractivity contribution in [1.29, 1.82) is 0 Å². The van der Waals surface area contributed by atoms with Gasteiger partial charge in [-0.15, -0.1) is 0 Å². The summed E-state index contributed by atoms with van der Waals surface area (Å²) in [6, 6.07) is 0.116. The van der Waals surface area contributed by atoms with E-state index in [4.69, 9.17) is 0 Å².